The van der Waals surface area contributed by atoms with Gasteiger partial charge in [0.1, 0.15) is 5.82 Å². The molecule has 2 aliphatic rings. The van der Waals surface area contributed by atoms with E-state index in [0.29, 0.717) is 30.3 Å². The van der Waals surface area contributed by atoms with Crippen molar-refractivity contribution in [2.75, 3.05) is 33.6 Å². The average molecular weight is 436 g/mol. The van der Waals surface area contributed by atoms with Gasteiger partial charge in [0.15, 0.2) is 17.3 Å². The summed E-state index contributed by atoms with van der Waals surface area (Å²) in [7, 11) is 1.58. The van der Waals surface area contributed by atoms with Crippen molar-refractivity contribution in [3.05, 3.63) is 34.4 Å². The lowest BCUT2D eigenvalue weighted by molar-refractivity contribution is -0.122. The van der Waals surface area contributed by atoms with E-state index in [4.69, 9.17) is 25.8 Å². The molecule has 4 rings (SSSR count). The van der Waals surface area contributed by atoms with Gasteiger partial charge in [0, 0.05) is 57.2 Å². The van der Waals surface area contributed by atoms with E-state index >= 15 is 0 Å². The average Bonchev–Trinajstić information content (AvgIpc) is 3.29. The summed E-state index contributed by atoms with van der Waals surface area (Å²) in [5.41, 5.74) is 1.01. The Bertz CT molecular complexity index is 919. The van der Waals surface area contributed by atoms with Crippen LogP contribution < -0.4 is 14.8 Å². The first kappa shape index (κ1) is 20.9. The van der Waals surface area contributed by atoms with Crippen LogP contribution in [0.4, 0.5) is 0 Å². The molecule has 2 aliphatic heterocycles. The zero-order valence-electron chi connectivity index (χ0n) is 17.2. The van der Waals surface area contributed by atoms with E-state index in [1.165, 1.54) is 0 Å². The summed E-state index contributed by atoms with van der Waals surface area (Å²) in [6.45, 7) is 5.69. The maximum atomic E-state index is 12.0. The van der Waals surface area contributed by atoms with Gasteiger partial charge in [0.05, 0.1) is 12.6 Å². The van der Waals surface area contributed by atoms with Gasteiger partial charge in [-0.3, -0.25) is 9.69 Å². The van der Waals surface area contributed by atoms with E-state index < -0.39 is 0 Å². The highest BCUT2D eigenvalue weighted by Gasteiger charge is 2.24. The Hall–Kier alpha value is -2.36. The molecule has 10 heteroatoms. The number of halogens is 1. The molecule has 0 saturated heterocycles. The van der Waals surface area contributed by atoms with Gasteiger partial charge in [-0.15, -0.1) is 10.2 Å². The zero-order chi connectivity index (χ0) is 21.1. The highest BCUT2D eigenvalue weighted by Crippen LogP contribution is 2.37. The summed E-state index contributed by atoms with van der Waals surface area (Å²) in [6, 6.07) is 3.56. The zero-order valence-corrected chi connectivity index (χ0v) is 17.9. The third-order valence-electron chi connectivity index (χ3n) is 5.38. The summed E-state index contributed by atoms with van der Waals surface area (Å²) >= 11 is 6.45. The summed E-state index contributed by atoms with van der Waals surface area (Å²) in [5, 5.41) is 12.3. The van der Waals surface area contributed by atoms with Crippen LogP contribution in [-0.4, -0.2) is 59.2 Å². The third kappa shape index (κ3) is 4.53. The number of benzene rings is 1. The molecule has 0 saturated carbocycles. The fraction of sp³-hybridized carbons (Fsp3) is 0.550. The molecule has 1 aromatic carbocycles. The molecule has 0 spiro atoms. The molecular weight excluding hydrogens is 410 g/mol. The van der Waals surface area contributed by atoms with Crippen molar-refractivity contribution < 1.29 is 19.0 Å². The molecule has 1 N–H and O–H groups in total. The molecule has 0 fully saturated rings. The van der Waals surface area contributed by atoms with Crippen LogP contribution in [-0.2, 0) is 29.0 Å². The van der Waals surface area contributed by atoms with Crippen LogP contribution in [0.3, 0.4) is 0 Å². The number of nitrogens with zero attached hydrogens (tertiary/aromatic N) is 4. The predicted molar refractivity (Wildman–Crippen MR) is 110 cm³/mol. The topological polar surface area (TPSA) is 90.7 Å². The quantitative estimate of drug-likeness (QED) is 0.710. The van der Waals surface area contributed by atoms with E-state index in [0.717, 1.165) is 49.0 Å². The van der Waals surface area contributed by atoms with Gasteiger partial charge < -0.3 is 24.1 Å². The SMILES string of the molecule is COCCC(=O)NC(C)c1nnc2n1CCN(Cc1cc3c(cc1Cl)OCO3)CC2. The molecule has 0 aliphatic carbocycles. The van der Waals surface area contributed by atoms with Crippen LogP contribution in [0.25, 0.3) is 0 Å². The number of hydrogen-bond acceptors (Lipinski definition) is 7. The molecule has 30 heavy (non-hydrogen) atoms. The Kier molecular flexibility index (Phi) is 6.40. The lowest BCUT2D eigenvalue weighted by atomic mass is 10.2. The Morgan fingerprint density at radius 1 is 1.27 bits per heavy atom. The molecule has 0 radical (unpaired) electrons. The molecule has 2 aromatic rings. The second-order valence-corrected chi connectivity index (χ2v) is 7.89. The number of methoxy groups -OCH3 is 1. The first-order valence-electron chi connectivity index (χ1n) is 10.1. The minimum Gasteiger partial charge on any atom is -0.454 e. The van der Waals surface area contributed by atoms with Gasteiger partial charge in [-0.1, -0.05) is 11.6 Å². The van der Waals surface area contributed by atoms with Crippen molar-refractivity contribution in [1.29, 1.82) is 0 Å². The van der Waals surface area contributed by atoms with Crippen LogP contribution in [0, 0.1) is 0 Å². The van der Waals surface area contributed by atoms with Crippen molar-refractivity contribution >= 4 is 17.5 Å². The molecular formula is C20H26ClN5O4. The van der Waals surface area contributed by atoms with Crippen LogP contribution in [0.2, 0.25) is 5.02 Å². The van der Waals surface area contributed by atoms with Gasteiger partial charge in [0.2, 0.25) is 12.7 Å². The first-order valence-corrected chi connectivity index (χ1v) is 10.4. The lowest BCUT2D eigenvalue weighted by Crippen LogP contribution is -2.30. The Balaban J connectivity index is 1.40. The summed E-state index contributed by atoms with van der Waals surface area (Å²) in [4.78, 5) is 14.4. The minimum atomic E-state index is -0.217. The summed E-state index contributed by atoms with van der Waals surface area (Å²) < 4.78 is 17.9. The van der Waals surface area contributed by atoms with Gasteiger partial charge in [-0.05, 0) is 18.6 Å². The Labute approximate surface area is 180 Å². The van der Waals surface area contributed by atoms with Crippen LogP contribution >= 0.6 is 11.6 Å². The maximum Gasteiger partial charge on any atom is 0.231 e. The van der Waals surface area contributed by atoms with Crippen molar-refractivity contribution in [2.45, 2.75) is 38.9 Å². The minimum absolute atomic E-state index is 0.0607. The summed E-state index contributed by atoms with van der Waals surface area (Å²) in [6.07, 6.45) is 1.10. The largest absolute Gasteiger partial charge is 0.454 e. The summed E-state index contributed by atoms with van der Waals surface area (Å²) in [5.74, 6) is 3.08. The molecule has 1 amide bonds. The standard InChI is InChI=1S/C20H26ClN5O4/c1-13(22-19(27)4-8-28-2)20-24-23-18-3-5-25(6-7-26(18)20)11-14-9-16-17(10-15(14)21)30-12-29-16/h9-10,13H,3-8,11-12H2,1-2H3,(H,22,27). The highest BCUT2D eigenvalue weighted by atomic mass is 35.5. The van der Waals surface area contributed by atoms with Crippen molar-refractivity contribution in [3.63, 3.8) is 0 Å². The van der Waals surface area contributed by atoms with Crippen molar-refractivity contribution in [3.8, 4) is 11.5 Å². The van der Waals surface area contributed by atoms with Gasteiger partial charge >= 0.3 is 0 Å². The molecule has 9 nitrogen and oxygen atoms in total. The van der Waals surface area contributed by atoms with E-state index in [1.807, 2.05) is 19.1 Å². The Morgan fingerprint density at radius 3 is 2.87 bits per heavy atom. The first-order chi connectivity index (χ1) is 14.5. The molecule has 1 atom stereocenters. The fourth-order valence-electron chi connectivity index (χ4n) is 3.76. The number of hydrogen-bond donors (Lipinski definition) is 1. The second kappa shape index (κ2) is 9.20. The fourth-order valence-corrected chi connectivity index (χ4v) is 3.98. The Morgan fingerprint density at radius 2 is 2.07 bits per heavy atom. The number of nitrogens with one attached hydrogen (secondary N) is 1. The van der Waals surface area contributed by atoms with Crippen molar-refractivity contribution in [2.24, 2.45) is 0 Å². The third-order valence-corrected chi connectivity index (χ3v) is 5.73. The molecule has 3 heterocycles. The molecule has 0 bridgehead atoms. The number of carbonyl (C=O) groups is 1. The van der Waals surface area contributed by atoms with Crippen LogP contribution in [0.1, 0.15) is 36.6 Å². The number of rotatable bonds is 7. The normalized spacial score (nSPS) is 16.8. The monoisotopic (exact) mass is 435 g/mol. The highest BCUT2D eigenvalue weighted by molar-refractivity contribution is 6.31. The van der Waals surface area contributed by atoms with Gasteiger partial charge in [0.25, 0.3) is 0 Å². The number of carbonyl (C=O) groups excluding carboxylic acids is 1. The lowest BCUT2D eigenvalue weighted by Gasteiger charge is -2.21. The van der Waals surface area contributed by atoms with E-state index in [2.05, 4.69) is 25.0 Å². The number of aromatic nitrogens is 3. The van der Waals surface area contributed by atoms with Gasteiger partial charge in [-0.2, -0.15) is 0 Å². The number of ether oxygens (including phenoxy) is 3. The maximum absolute atomic E-state index is 12.0. The smallest absolute Gasteiger partial charge is 0.231 e. The van der Waals surface area contributed by atoms with E-state index in [1.54, 1.807) is 7.11 Å². The van der Waals surface area contributed by atoms with Crippen molar-refractivity contribution in [1.82, 2.24) is 25.0 Å². The van der Waals surface area contributed by atoms with Crippen LogP contribution in [0.5, 0.6) is 11.5 Å². The molecule has 162 valence electrons. The predicted octanol–water partition coefficient (Wildman–Crippen LogP) is 1.93. The van der Waals surface area contributed by atoms with E-state index in [9.17, 15) is 4.79 Å². The molecule has 1 unspecified atom stereocenters. The number of amides is 1. The van der Waals surface area contributed by atoms with E-state index in [-0.39, 0.29) is 18.7 Å². The second-order valence-electron chi connectivity index (χ2n) is 7.48. The van der Waals surface area contributed by atoms with Crippen LogP contribution in [0.15, 0.2) is 12.1 Å². The number of fused-ring (bicyclic) bond motifs is 2. The molecule has 1 aromatic heterocycles. The van der Waals surface area contributed by atoms with Gasteiger partial charge in [-0.25, -0.2) is 0 Å².